The van der Waals surface area contributed by atoms with E-state index >= 15 is 0 Å². The van der Waals surface area contributed by atoms with E-state index in [1.807, 2.05) is 0 Å². The number of hydrogen-bond donors (Lipinski definition) is 0. The zero-order chi connectivity index (χ0) is 14.0. The van der Waals surface area contributed by atoms with Crippen LogP contribution in [-0.2, 0) is 11.0 Å². The largest absolute Gasteiger partial charge is 0.435 e. The topological polar surface area (TPSA) is 46.1 Å². The Morgan fingerprint density at radius 1 is 1.21 bits per heavy atom. The summed E-state index contributed by atoms with van der Waals surface area (Å²) in [4.78, 5) is 12.9. The Kier molecular flexibility index (Phi) is 3.73. The highest BCUT2D eigenvalue weighted by Crippen LogP contribution is 2.28. The maximum Gasteiger partial charge on any atom is 0.435 e. The second-order valence-corrected chi connectivity index (χ2v) is 4.66. The Bertz CT molecular complexity index is 448. The third-order valence-corrected chi connectivity index (χ3v) is 3.36. The molecule has 104 valence electrons. The monoisotopic (exact) mass is 273 g/mol. The van der Waals surface area contributed by atoms with E-state index in [9.17, 15) is 18.0 Å². The van der Waals surface area contributed by atoms with E-state index in [0.29, 0.717) is 31.5 Å². The molecule has 19 heavy (non-hydrogen) atoms. The fraction of sp³-hybridized carbons (Fsp3) is 0.583. The Labute approximate surface area is 108 Å². The number of aromatic nitrogens is 2. The lowest BCUT2D eigenvalue weighted by Crippen LogP contribution is -2.36. The van der Waals surface area contributed by atoms with Crippen LogP contribution in [0.1, 0.15) is 31.4 Å². The van der Waals surface area contributed by atoms with E-state index < -0.39 is 11.9 Å². The average Bonchev–Trinajstić information content (AvgIpc) is 2.38. The third-order valence-electron chi connectivity index (χ3n) is 3.36. The molecule has 0 aromatic carbocycles. The summed E-state index contributed by atoms with van der Waals surface area (Å²) in [6.07, 6.45) is -2.02. The van der Waals surface area contributed by atoms with Crippen molar-refractivity contribution in [1.29, 1.82) is 0 Å². The van der Waals surface area contributed by atoms with Crippen LogP contribution < -0.4 is 4.90 Å². The van der Waals surface area contributed by atoms with Gasteiger partial charge in [-0.15, -0.1) is 10.2 Å². The van der Waals surface area contributed by atoms with Crippen LogP contribution in [0.25, 0.3) is 0 Å². The number of anilines is 1. The zero-order valence-corrected chi connectivity index (χ0v) is 10.4. The van der Waals surface area contributed by atoms with E-state index in [-0.39, 0.29) is 11.8 Å². The van der Waals surface area contributed by atoms with Crippen molar-refractivity contribution in [2.24, 2.45) is 0 Å². The van der Waals surface area contributed by atoms with Gasteiger partial charge in [-0.2, -0.15) is 13.2 Å². The first-order chi connectivity index (χ1) is 8.88. The summed E-state index contributed by atoms with van der Waals surface area (Å²) in [5, 5.41) is 6.81. The number of ketones is 1. The highest BCUT2D eigenvalue weighted by molar-refractivity contribution is 5.79. The number of halogens is 3. The molecule has 0 bridgehead atoms. The van der Waals surface area contributed by atoms with E-state index in [1.54, 1.807) is 11.9 Å². The van der Waals surface area contributed by atoms with Crippen molar-refractivity contribution < 1.29 is 18.0 Å². The SMILES string of the molecule is CN(c1ccc(C(F)(F)F)nn1)C1CCC(=O)CC1. The van der Waals surface area contributed by atoms with Gasteiger partial charge in [0.15, 0.2) is 11.5 Å². The fourth-order valence-corrected chi connectivity index (χ4v) is 2.16. The number of rotatable bonds is 2. The van der Waals surface area contributed by atoms with E-state index in [0.717, 1.165) is 6.07 Å². The van der Waals surface area contributed by atoms with Crippen LogP contribution in [0.4, 0.5) is 19.0 Å². The van der Waals surface area contributed by atoms with Gasteiger partial charge in [-0.25, -0.2) is 0 Å². The minimum absolute atomic E-state index is 0.128. The number of Topliss-reactive ketones (excluding diaryl/α,β-unsaturated/α-hetero) is 1. The van der Waals surface area contributed by atoms with E-state index in [4.69, 9.17) is 0 Å². The maximum atomic E-state index is 12.4. The van der Waals surface area contributed by atoms with Crippen molar-refractivity contribution in [3.8, 4) is 0 Å². The molecule has 0 spiro atoms. The molecule has 1 heterocycles. The first-order valence-corrected chi connectivity index (χ1v) is 6.03. The van der Waals surface area contributed by atoms with Gasteiger partial charge >= 0.3 is 6.18 Å². The minimum Gasteiger partial charge on any atom is -0.355 e. The summed E-state index contributed by atoms with van der Waals surface area (Å²) in [5.74, 6) is 0.635. The van der Waals surface area contributed by atoms with Gasteiger partial charge in [0.25, 0.3) is 0 Å². The molecule has 1 aromatic heterocycles. The molecule has 0 amide bonds. The molecule has 0 saturated heterocycles. The van der Waals surface area contributed by atoms with Crippen LogP contribution in [0.5, 0.6) is 0 Å². The van der Waals surface area contributed by atoms with Gasteiger partial charge in [0.05, 0.1) is 0 Å². The third kappa shape index (κ3) is 3.21. The Hall–Kier alpha value is -1.66. The van der Waals surface area contributed by atoms with Crippen molar-refractivity contribution in [3.05, 3.63) is 17.8 Å². The van der Waals surface area contributed by atoms with Crippen LogP contribution in [0.15, 0.2) is 12.1 Å². The lowest BCUT2D eigenvalue weighted by Gasteiger charge is -2.31. The highest BCUT2D eigenvalue weighted by atomic mass is 19.4. The maximum absolute atomic E-state index is 12.4. The molecule has 0 unspecified atom stereocenters. The molecule has 1 aromatic rings. The summed E-state index contributed by atoms with van der Waals surface area (Å²) in [6, 6.07) is 2.36. The number of carbonyl (C=O) groups is 1. The molecule has 0 atom stereocenters. The Balaban J connectivity index is 2.07. The van der Waals surface area contributed by atoms with Crippen molar-refractivity contribution in [2.45, 2.75) is 37.9 Å². The van der Waals surface area contributed by atoms with E-state index in [1.165, 1.54) is 6.07 Å². The predicted octanol–water partition coefficient (Wildman–Crippen LogP) is 2.44. The summed E-state index contributed by atoms with van der Waals surface area (Å²) in [5.41, 5.74) is -0.997. The van der Waals surface area contributed by atoms with Crippen LogP contribution >= 0.6 is 0 Å². The van der Waals surface area contributed by atoms with Crippen LogP contribution in [0.2, 0.25) is 0 Å². The fourth-order valence-electron chi connectivity index (χ4n) is 2.16. The van der Waals surface area contributed by atoms with Crippen LogP contribution in [-0.4, -0.2) is 29.1 Å². The molecule has 1 fully saturated rings. The van der Waals surface area contributed by atoms with Gasteiger partial charge in [0, 0.05) is 25.9 Å². The zero-order valence-electron chi connectivity index (χ0n) is 10.4. The summed E-state index contributed by atoms with van der Waals surface area (Å²) >= 11 is 0. The highest BCUT2D eigenvalue weighted by Gasteiger charge is 2.33. The summed E-state index contributed by atoms with van der Waals surface area (Å²) in [7, 11) is 1.76. The molecule has 1 aliphatic rings. The Morgan fingerprint density at radius 3 is 2.32 bits per heavy atom. The van der Waals surface area contributed by atoms with Crippen LogP contribution in [0.3, 0.4) is 0 Å². The second-order valence-electron chi connectivity index (χ2n) is 4.66. The average molecular weight is 273 g/mol. The van der Waals surface area contributed by atoms with Gasteiger partial charge in [-0.05, 0) is 25.0 Å². The molecule has 0 aliphatic heterocycles. The molecule has 1 aliphatic carbocycles. The number of alkyl halides is 3. The molecular weight excluding hydrogens is 259 g/mol. The van der Waals surface area contributed by atoms with Gasteiger partial charge < -0.3 is 4.90 Å². The first kappa shape index (κ1) is 13.8. The molecule has 0 N–H and O–H groups in total. The first-order valence-electron chi connectivity index (χ1n) is 6.03. The van der Waals surface area contributed by atoms with E-state index in [2.05, 4.69) is 10.2 Å². The second kappa shape index (κ2) is 5.14. The number of carbonyl (C=O) groups excluding carboxylic acids is 1. The number of hydrogen-bond acceptors (Lipinski definition) is 4. The normalized spacial score (nSPS) is 17.6. The van der Waals surface area contributed by atoms with Crippen molar-refractivity contribution in [2.75, 3.05) is 11.9 Å². The Morgan fingerprint density at radius 2 is 1.84 bits per heavy atom. The van der Waals surface area contributed by atoms with Gasteiger partial charge in [0.2, 0.25) is 0 Å². The molecule has 4 nitrogen and oxygen atoms in total. The molecule has 7 heteroatoms. The minimum atomic E-state index is -4.47. The summed E-state index contributed by atoms with van der Waals surface area (Å²) in [6.45, 7) is 0. The smallest absolute Gasteiger partial charge is 0.355 e. The van der Waals surface area contributed by atoms with Crippen molar-refractivity contribution in [3.63, 3.8) is 0 Å². The van der Waals surface area contributed by atoms with Gasteiger partial charge in [-0.3, -0.25) is 4.79 Å². The summed E-state index contributed by atoms with van der Waals surface area (Å²) < 4.78 is 37.1. The lowest BCUT2D eigenvalue weighted by atomic mass is 9.93. The van der Waals surface area contributed by atoms with Crippen LogP contribution in [0, 0.1) is 0 Å². The quantitative estimate of drug-likeness (QED) is 0.830. The molecular formula is C12H14F3N3O. The van der Waals surface area contributed by atoms with Gasteiger partial charge in [0.1, 0.15) is 5.78 Å². The molecule has 1 saturated carbocycles. The lowest BCUT2D eigenvalue weighted by molar-refractivity contribution is -0.141. The molecule has 0 radical (unpaired) electrons. The molecule has 2 rings (SSSR count). The van der Waals surface area contributed by atoms with Gasteiger partial charge in [-0.1, -0.05) is 0 Å². The standard InChI is InChI=1S/C12H14F3N3O/c1-18(8-2-4-9(19)5-3-8)11-7-6-10(16-17-11)12(13,14)15/h6-8H,2-5H2,1H3. The number of nitrogens with zero attached hydrogens (tertiary/aromatic N) is 3. The van der Waals surface area contributed by atoms with Crippen molar-refractivity contribution >= 4 is 11.6 Å². The van der Waals surface area contributed by atoms with Crippen molar-refractivity contribution in [1.82, 2.24) is 10.2 Å². The predicted molar refractivity (Wildman–Crippen MR) is 62.7 cm³/mol.